The van der Waals surface area contributed by atoms with Gasteiger partial charge >= 0.3 is 0 Å². The first-order valence-corrected chi connectivity index (χ1v) is 8.44. The van der Waals surface area contributed by atoms with Crippen LogP contribution in [0, 0.1) is 10.1 Å². The molecule has 3 aromatic rings. The summed E-state index contributed by atoms with van der Waals surface area (Å²) < 4.78 is 1.68. The van der Waals surface area contributed by atoms with Gasteiger partial charge in [-0.2, -0.15) is 5.10 Å². The van der Waals surface area contributed by atoms with Gasteiger partial charge < -0.3 is 4.90 Å². The number of aryl methyl sites for hydroxylation is 1. The van der Waals surface area contributed by atoms with Crippen molar-refractivity contribution in [3.63, 3.8) is 0 Å². The average molecular weight is 355 g/mol. The summed E-state index contributed by atoms with van der Waals surface area (Å²) in [6, 6.07) is 4.59. The van der Waals surface area contributed by atoms with Gasteiger partial charge in [0.25, 0.3) is 11.6 Å². The maximum Gasteiger partial charge on any atom is 0.277 e. The van der Waals surface area contributed by atoms with Gasteiger partial charge in [0.05, 0.1) is 11.1 Å². The van der Waals surface area contributed by atoms with Crippen molar-refractivity contribution < 1.29 is 9.72 Å². The Hall–Kier alpha value is -3.07. The van der Waals surface area contributed by atoms with Gasteiger partial charge in [-0.25, -0.2) is 4.98 Å². The Bertz CT molecular complexity index is 993. The fraction of sp³-hybridized carbons (Fsp3) is 0.188. The van der Waals surface area contributed by atoms with Gasteiger partial charge in [0.1, 0.15) is 10.7 Å². The van der Waals surface area contributed by atoms with E-state index in [1.807, 2.05) is 13.2 Å². The number of amides is 1. The number of carbonyl (C=O) groups is 1. The van der Waals surface area contributed by atoms with Crippen molar-refractivity contribution in [2.45, 2.75) is 6.42 Å². The highest BCUT2D eigenvalue weighted by atomic mass is 32.1. The molecule has 0 N–H and O–H groups in total. The van der Waals surface area contributed by atoms with E-state index in [9.17, 15) is 14.9 Å². The van der Waals surface area contributed by atoms with Gasteiger partial charge in [-0.05, 0) is 18.1 Å². The first-order valence-electron chi connectivity index (χ1n) is 7.56. The number of benzene rings is 1. The number of fused-ring (bicyclic) bond motifs is 1. The number of aromatic nitrogens is 3. The quantitative estimate of drug-likeness (QED) is 0.532. The van der Waals surface area contributed by atoms with Crippen molar-refractivity contribution in [3.8, 4) is 10.6 Å². The van der Waals surface area contributed by atoms with E-state index in [1.54, 1.807) is 27.2 Å². The van der Waals surface area contributed by atoms with Crippen LogP contribution in [0.1, 0.15) is 16.1 Å². The first-order chi connectivity index (χ1) is 12.0. The van der Waals surface area contributed by atoms with Crippen molar-refractivity contribution in [3.05, 3.63) is 57.3 Å². The van der Waals surface area contributed by atoms with E-state index in [-0.39, 0.29) is 11.6 Å². The van der Waals surface area contributed by atoms with Crippen LogP contribution in [-0.2, 0) is 13.5 Å². The zero-order valence-electron chi connectivity index (χ0n) is 13.2. The Morgan fingerprint density at radius 3 is 2.96 bits per heavy atom. The average Bonchev–Trinajstić information content (AvgIpc) is 3.32. The molecule has 0 spiro atoms. The Labute approximate surface area is 146 Å². The molecule has 2 aromatic heterocycles. The summed E-state index contributed by atoms with van der Waals surface area (Å²) in [6.07, 6.45) is 4.15. The molecular formula is C16H13N5O3S. The fourth-order valence-corrected chi connectivity index (χ4v) is 3.66. The van der Waals surface area contributed by atoms with Crippen molar-refractivity contribution in [2.24, 2.45) is 7.05 Å². The Kier molecular flexibility index (Phi) is 3.57. The normalized spacial score (nSPS) is 13.1. The molecule has 0 aliphatic carbocycles. The van der Waals surface area contributed by atoms with Crippen LogP contribution in [0.2, 0.25) is 0 Å². The van der Waals surface area contributed by atoms with Gasteiger partial charge in [0.2, 0.25) is 0 Å². The van der Waals surface area contributed by atoms with E-state index < -0.39 is 4.92 Å². The summed E-state index contributed by atoms with van der Waals surface area (Å²) in [7, 11) is 1.82. The molecule has 1 amide bonds. The van der Waals surface area contributed by atoms with Crippen molar-refractivity contribution in [1.82, 2.24) is 14.8 Å². The lowest BCUT2D eigenvalue weighted by atomic mass is 10.1. The first kappa shape index (κ1) is 15.5. The smallest absolute Gasteiger partial charge is 0.277 e. The molecule has 9 heteroatoms. The summed E-state index contributed by atoms with van der Waals surface area (Å²) >= 11 is 1.39. The van der Waals surface area contributed by atoms with Crippen molar-refractivity contribution in [2.75, 3.05) is 11.4 Å². The number of hydrogen-bond donors (Lipinski definition) is 0. The van der Waals surface area contributed by atoms with Gasteiger partial charge in [0.15, 0.2) is 0 Å². The van der Waals surface area contributed by atoms with E-state index >= 15 is 0 Å². The number of carbonyl (C=O) groups excluding carboxylic acids is 1. The van der Waals surface area contributed by atoms with Crippen molar-refractivity contribution >= 4 is 28.6 Å². The molecular weight excluding hydrogens is 342 g/mol. The molecule has 0 atom stereocenters. The molecule has 1 aliphatic heterocycles. The molecule has 0 radical (unpaired) electrons. The molecule has 8 nitrogen and oxygen atoms in total. The maximum absolute atomic E-state index is 12.8. The highest BCUT2D eigenvalue weighted by Gasteiger charge is 2.28. The lowest BCUT2D eigenvalue weighted by molar-refractivity contribution is -0.384. The third kappa shape index (κ3) is 2.68. The van der Waals surface area contributed by atoms with Crippen LogP contribution >= 0.6 is 11.3 Å². The third-order valence-corrected chi connectivity index (χ3v) is 4.98. The number of hydrogen-bond acceptors (Lipinski definition) is 6. The largest absolute Gasteiger partial charge is 0.306 e. The monoisotopic (exact) mass is 355 g/mol. The zero-order valence-corrected chi connectivity index (χ0v) is 14.1. The molecule has 1 aromatic carbocycles. The second-order valence-electron chi connectivity index (χ2n) is 5.72. The topological polar surface area (TPSA) is 94.2 Å². The minimum absolute atomic E-state index is 0.0422. The number of thiazole rings is 1. The van der Waals surface area contributed by atoms with Gasteiger partial charge in [-0.3, -0.25) is 19.6 Å². The van der Waals surface area contributed by atoms with Crippen LogP contribution in [0.5, 0.6) is 0 Å². The number of nitro benzene ring substituents is 1. The van der Waals surface area contributed by atoms with E-state index in [0.29, 0.717) is 24.3 Å². The predicted octanol–water partition coefficient (Wildman–Crippen LogP) is 2.65. The third-order valence-electron chi connectivity index (χ3n) is 4.09. The zero-order chi connectivity index (χ0) is 17.6. The second-order valence-corrected chi connectivity index (χ2v) is 6.58. The van der Waals surface area contributed by atoms with Crippen molar-refractivity contribution in [1.29, 1.82) is 0 Å². The van der Waals surface area contributed by atoms with E-state index in [4.69, 9.17) is 0 Å². The van der Waals surface area contributed by atoms with E-state index in [0.717, 1.165) is 16.1 Å². The van der Waals surface area contributed by atoms with Crippen LogP contribution in [0.15, 0.2) is 36.0 Å². The summed E-state index contributed by atoms with van der Waals surface area (Å²) in [5.74, 6) is -0.195. The van der Waals surface area contributed by atoms with Gasteiger partial charge in [0, 0.05) is 48.6 Å². The summed E-state index contributed by atoms with van der Waals surface area (Å²) in [4.78, 5) is 29.3. The number of nitro groups is 1. The summed E-state index contributed by atoms with van der Waals surface area (Å²) in [6.45, 7) is 0.495. The molecule has 4 rings (SSSR count). The number of rotatable bonds is 3. The number of nitrogens with zero attached hydrogens (tertiary/aromatic N) is 5. The van der Waals surface area contributed by atoms with Crippen LogP contribution in [0.25, 0.3) is 10.6 Å². The van der Waals surface area contributed by atoms with Crippen LogP contribution in [0.4, 0.5) is 11.4 Å². The minimum atomic E-state index is -0.425. The molecule has 0 saturated heterocycles. The SMILES string of the molecule is Cn1cc(-c2nc(C(=O)N3CCc4cc([N+](=O)[O-])ccc43)cs2)cn1. The molecule has 0 fully saturated rings. The molecule has 3 heterocycles. The molecule has 1 aliphatic rings. The van der Waals surface area contributed by atoms with Gasteiger partial charge in [-0.1, -0.05) is 0 Å². The molecule has 126 valence electrons. The summed E-state index contributed by atoms with van der Waals surface area (Å²) in [5, 5.41) is 17.5. The highest BCUT2D eigenvalue weighted by Crippen LogP contribution is 2.33. The van der Waals surface area contributed by atoms with Crippen LogP contribution < -0.4 is 4.90 Å². The van der Waals surface area contributed by atoms with Gasteiger partial charge in [-0.15, -0.1) is 11.3 Å². The van der Waals surface area contributed by atoms with Crippen LogP contribution in [-0.4, -0.2) is 32.1 Å². The molecule has 0 bridgehead atoms. The van der Waals surface area contributed by atoms with Crippen LogP contribution in [0.3, 0.4) is 0 Å². The Morgan fingerprint density at radius 1 is 1.40 bits per heavy atom. The Morgan fingerprint density at radius 2 is 2.24 bits per heavy atom. The number of non-ortho nitro benzene ring substituents is 1. The van der Waals surface area contributed by atoms with E-state index in [2.05, 4.69) is 10.1 Å². The van der Waals surface area contributed by atoms with E-state index in [1.165, 1.54) is 23.5 Å². The highest BCUT2D eigenvalue weighted by molar-refractivity contribution is 7.13. The molecule has 0 saturated carbocycles. The lowest BCUT2D eigenvalue weighted by Gasteiger charge is -2.15. The second kappa shape index (κ2) is 5.78. The lowest BCUT2D eigenvalue weighted by Crippen LogP contribution is -2.29. The Balaban J connectivity index is 1.61. The fourth-order valence-electron chi connectivity index (χ4n) is 2.89. The molecule has 0 unspecified atom stereocenters. The predicted molar refractivity (Wildman–Crippen MR) is 92.8 cm³/mol. The summed E-state index contributed by atoms with van der Waals surface area (Å²) in [5.41, 5.74) is 2.80. The number of anilines is 1. The standard InChI is InChI=1S/C16H13N5O3S/c1-19-8-11(7-17-19)15-18-13(9-25-15)16(22)20-5-4-10-6-12(21(23)24)2-3-14(10)20/h2-3,6-9H,4-5H2,1H3. The minimum Gasteiger partial charge on any atom is -0.306 e. The molecule has 25 heavy (non-hydrogen) atoms. The maximum atomic E-state index is 12.8.